The van der Waals surface area contributed by atoms with E-state index in [-0.39, 0.29) is 12.1 Å². The Morgan fingerprint density at radius 1 is 1.62 bits per heavy atom. The fraction of sp³-hybridized carbons (Fsp3) is 0.385. The summed E-state index contributed by atoms with van der Waals surface area (Å²) in [5.41, 5.74) is 1.04. The number of carbonyl (C=O) groups excluding carboxylic acids is 1. The molecular formula is C13H14N6OS. The molecule has 2 N–H and O–H groups in total. The van der Waals surface area contributed by atoms with Crippen LogP contribution in [-0.2, 0) is 0 Å². The lowest BCUT2D eigenvalue weighted by atomic mass is 10.2. The molecule has 2 amide bonds. The first-order valence-electron chi connectivity index (χ1n) is 6.56. The summed E-state index contributed by atoms with van der Waals surface area (Å²) in [6, 6.07) is 1.90. The Kier molecular flexibility index (Phi) is 3.35. The van der Waals surface area contributed by atoms with Crippen molar-refractivity contribution in [1.82, 2.24) is 19.2 Å². The summed E-state index contributed by atoms with van der Waals surface area (Å²) in [7, 11) is 0. The molecule has 0 aliphatic carbocycles. The van der Waals surface area contributed by atoms with Crippen LogP contribution in [-0.4, -0.2) is 20.0 Å². The Hall–Kier alpha value is -2.40. The van der Waals surface area contributed by atoms with Gasteiger partial charge in [-0.3, -0.25) is 5.32 Å². The number of carbonyl (C=O) groups is 1. The largest absolute Gasteiger partial charge is 0.330 e. The highest BCUT2D eigenvalue weighted by Crippen LogP contribution is 2.32. The molecule has 0 bridgehead atoms. The topological polar surface area (TPSA) is 95.6 Å². The molecule has 2 aromatic rings. The second-order valence-electron chi connectivity index (χ2n) is 5.01. The van der Waals surface area contributed by atoms with Crippen LogP contribution in [0.3, 0.4) is 0 Å². The summed E-state index contributed by atoms with van der Waals surface area (Å²) in [5.74, 6) is 0.860. The highest BCUT2D eigenvalue weighted by atomic mass is 32.1. The molecule has 0 spiro atoms. The highest BCUT2D eigenvalue weighted by Gasteiger charge is 2.30. The second kappa shape index (κ2) is 5.18. The lowest BCUT2D eigenvalue weighted by Gasteiger charge is -2.12. The number of imidazole rings is 1. The van der Waals surface area contributed by atoms with Crippen LogP contribution < -0.4 is 10.6 Å². The van der Waals surface area contributed by atoms with Crippen molar-refractivity contribution in [1.29, 1.82) is 5.26 Å². The maximum absolute atomic E-state index is 12.1. The second-order valence-corrected chi connectivity index (χ2v) is 5.79. The number of anilines is 1. The Morgan fingerprint density at radius 3 is 3.19 bits per heavy atom. The van der Waals surface area contributed by atoms with Gasteiger partial charge in [-0.25, -0.2) is 9.78 Å². The van der Waals surface area contributed by atoms with Crippen LogP contribution in [0, 0.1) is 18.3 Å². The third-order valence-electron chi connectivity index (χ3n) is 3.57. The predicted molar refractivity (Wildman–Crippen MR) is 78.0 cm³/mol. The summed E-state index contributed by atoms with van der Waals surface area (Å²) >= 11 is 1.11. The van der Waals surface area contributed by atoms with Crippen molar-refractivity contribution in [3.8, 4) is 6.07 Å². The molecule has 2 unspecified atom stereocenters. The van der Waals surface area contributed by atoms with Crippen LogP contribution >= 0.6 is 11.5 Å². The number of hydrogen-bond acceptors (Lipinski definition) is 5. The molecule has 0 aromatic carbocycles. The number of aryl methyl sites for hydroxylation is 1. The van der Waals surface area contributed by atoms with Gasteiger partial charge in [-0.05, 0) is 31.8 Å². The van der Waals surface area contributed by atoms with Crippen molar-refractivity contribution < 1.29 is 4.79 Å². The Balaban J connectivity index is 1.70. The van der Waals surface area contributed by atoms with Crippen LogP contribution in [0.5, 0.6) is 0 Å². The minimum absolute atomic E-state index is 0.116. The standard InChI is InChI=1S/C13H14N6OS/c1-7-5-10(11-15-3-4-19(7)11)16-13(20)17-12-9(6-14)8(2)18-21-12/h3-4,7,10H,5H2,1-2H3,(H2,16,17,20). The molecule has 108 valence electrons. The van der Waals surface area contributed by atoms with Crippen molar-refractivity contribution in [2.24, 2.45) is 0 Å². The fourth-order valence-corrected chi connectivity index (χ4v) is 3.28. The molecular weight excluding hydrogens is 288 g/mol. The van der Waals surface area contributed by atoms with Gasteiger partial charge in [-0.2, -0.15) is 9.64 Å². The Labute approximate surface area is 125 Å². The van der Waals surface area contributed by atoms with Crippen LogP contribution in [0.15, 0.2) is 12.4 Å². The molecule has 8 heteroatoms. The average molecular weight is 302 g/mol. The third kappa shape index (κ3) is 2.36. The van der Waals surface area contributed by atoms with Crippen molar-refractivity contribution in [3.63, 3.8) is 0 Å². The van der Waals surface area contributed by atoms with Gasteiger partial charge >= 0.3 is 6.03 Å². The van der Waals surface area contributed by atoms with Crippen molar-refractivity contribution in [2.45, 2.75) is 32.4 Å². The average Bonchev–Trinajstić information content (AvgIpc) is 3.10. The number of fused-ring (bicyclic) bond motifs is 1. The first-order chi connectivity index (χ1) is 10.1. The van der Waals surface area contributed by atoms with Gasteiger partial charge in [-0.15, -0.1) is 0 Å². The smallest absolute Gasteiger partial charge is 0.320 e. The Morgan fingerprint density at radius 2 is 2.43 bits per heavy atom. The number of urea groups is 1. The molecule has 1 aliphatic heterocycles. The maximum atomic E-state index is 12.1. The normalized spacial score (nSPS) is 19.9. The summed E-state index contributed by atoms with van der Waals surface area (Å²) < 4.78 is 6.13. The monoisotopic (exact) mass is 302 g/mol. The van der Waals surface area contributed by atoms with E-state index in [9.17, 15) is 4.79 Å². The van der Waals surface area contributed by atoms with Gasteiger partial charge in [0.2, 0.25) is 0 Å². The van der Waals surface area contributed by atoms with Crippen LogP contribution in [0.2, 0.25) is 0 Å². The van der Waals surface area contributed by atoms with Crippen LogP contribution in [0.4, 0.5) is 9.80 Å². The van der Waals surface area contributed by atoms with E-state index < -0.39 is 0 Å². The number of nitrogens with zero attached hydrogens (tertiary/aromatic N) is 4. The summed E-state index contributed by atoms with van der Waals surface area (Å²) in [6.45, 7) is 3.83. The molecule has 0 radical (unpaired) electrons. The van der Waals surface area contributed by atoms with Gasteiger partial charge in [0.15, 0.2) is 0 Å². The minimum atomic E-state index is -0.344. The molecule has 0 saturated carbocycles. The quantitative estimate of drug-likeness (QED) is 0.890. The number of nitriles is 1. The molecule has 7 nitrogen and oxygen atoms in total. The first kappa shape index (κ1) is 13.6. The van der Waals surface area contributed by atoms with E-state index in [0.29, 0.717) is 22.3 Å². The third-order valence-corrected chi connectivity index (χ3v) is 4.42. The summed E-state index contributed by atoms with van der Waals surface area (Å²) in [6.07, 6.45) is 4.46. The van der Waals surface area contributed by atoms with Crippen LogP contribution in [0.25, 0.3) is 0 Å². The zero-order valence-corrected chi connectivity index (χ0v) is 12.4. The number of rotatable bonds is 2. The van der Waals surface area contributed by atoms with E-state index >= 15 is 0 Å². The molecule has 1 aliphatic rings. The molecule has 0 fully saturated rings. The fourth-order valence-electron chi connectivity index (χ4n) is 2.53. The lowest BCUT2D eigenvalue weighted by molar-refractivity contribution is 0.248. The van der Waals surface area contributed by atoms with Crippen molar-refractivity contribution in [3.05, 3.63) is 29.5 Å². The summed E-state index contributed by atoms with van der Waals surface area (Å²) in [5, 5.41) is 15.1. The molecule has 21 heavy (non-hydrogen) atoms. The van der Waals surface area contributed by atoms with Gasteiger partial charge in [0.1, 0.15) is 22.5 Å². The Bertz CT molecular complexity index is 727. The number of aromatic nitrogens is 3. The SMILES string of the molecule is Cc1nsc(NC(=O)NC2CC(C)n3ccnc32)c1C#N. The van der Waals surface area contributed by atoms with Gasteiger partial charge in [0.25, 0.3) is 0 Å². The van der Waals surface area contributed by atoms with E-state index in [0.717, 1.165) is 23.8 Å². The zero-order chi connectivity index (χ0) is 15.0. The summed E-state index contributed by atoms with van der Waals surface area (Å²) in [4.78, 5) is 16.4. The first-order valence-corrected chi connectivity index (χ1v) is 7.34. The van der Waals surface area contributed by atoms with Gasteiger partial charge in [0, 0.05) is 18.4 Å². The molecule has 2 aromatic heterocycles. The van der Waals surface area contributed by atoms with E-state index in [1.54, 1.807) is 13.1 Å². The van der Waals surface area contributed by atoms with E-state index in [1.807, 2.05) is 6.20 Å². The minimum Gasteiger partial charge on any atom is -0.330 e. The van der Waals surface area contributed by atoms with Gasteiger partial charge in [-0.1, -0.05) is 0 Å². The van der Waals surface area contributed by atoms with E-state index in [2.05, 4.69) is 37.6 Å². The predicted octanol–water partition coefficient (Wildman–Crippen LogP) is 2.35. The van der Waals surface area contributed by atoms with Gasteiger partial charge < -0.3 is 9.88 Å². The molecule has 3 rings (SSSR count). The van der Waals surface area contributed by atoms with Gasteiger partial charge in [0.05, 0.1) is 11.7 Å². The van der Waals surface area contributed by atoms with E-state index in [1.165, 1.54) is 0 Å². The molecule has 0 saturated heterocycles. The van der Waals surface area contributed by atoms with Crippen molar-refractivity contribution in [2.75, 3.05) is 5.32 Å². The number of amides is 2. The number of hydrogen-bond donors (Lipinski definition) is 2. The van der Waals surface area contributed by atoms with Crippen molar-refractivity contribution >= 4 is 22.6 Å². The lowest BCUT2D eigenvalue weighted by Crippen LogP contribution is -2.31. The van der Waals surface area contributed by atoms with Crippen LogP contribution in [0.1, 0.15) is 42.5 Å². The zero-order valence-electron chi connectivity index (χ0n) is 11.6. The molecule has 2 atom stereocenters. The van der Waals surface area contributed by atoms with E-state index in [4.69, 9.17) is 5.26 Å². The molecule has 3 heterocycles. The number of nitrogens with one attached hydrogen (secondary N) is 2. The maximum Gasteiger partial charge on any atom is 0.320 e. The highest BCUT2D eigenvalue weighted by molar-refractivity contribution is 7.10.